The maximum Gasteiger partial charge on any atom is 0.184 e. The summed E-state index contributed by atoms with van der Waals surface area (Å²) in [5.74, 6) is -0.227. The number of nitrogens with zero attached hydrogens (tertiary/aromatic N) is 5. The summed E-state index contributed by atoms with van der Waals surface area (Å²) in [6.07, 6.45) is 1.93. The SMILES string of the molecule is Nc1ncnc2c1nnn2[C@@H]1C[C@H](CO)[C@@H](CO)[C@H]1CO. The first kappa shape index (κ1) is 14.1. The molecule has 9 heteroatoms. The Morgan fingerprint density at radius 3 is 2.57 bits per heavy atom. The van der Waals surface area contributed by atoms with Gasteiger partial charge in [0.2, 0.25) is 0 Å². The zero-order valence-corrected chi connectivity index (χ0v) is 11.4. The highest BCUT2D eigenvalue weighted by molar-refractivity contribution is 5.80. The van der Waals surface area contributed by atoms with Crippen molar-refractivity contribution in [3.8, 4) is 0 Å². The molecular formula is C12H18N6O3. The third-order valence-electron chi connectivity index (χ3n) is 4.45. The second-order valence-corrected chi connectivity index (χ2v) is 5.40. The molecule has 1 aliphatic carbocycles. The Hall–Kier alpha value is -1.84. The second-order valence-electron chi connectivity index (χ2n) is 5.40. The fourth-order valence-corrected chi connectivity index (χ4v) is 3.33. The van der Waals surface area contributed by atoms with Gasteiger partial charge in [-0.15, -0.1) is 5.10 Å². The average molecular weight is 294 g/mol. The topological polar surface area (TPSA) is 143 Å². The molecule has 2 heterocycles. The zero-order chi connectivity index (χ0) is 15.0. The van der Waals surface area contributed by atoms with Crippen LogP contribution in [-0.2, 0) is 0 Å². The highest BCUT2D eigenvalue weighted by Crippen LogP contribution is 2.44. The standard InChI is InChI=1S/C12H18N6O3/c13-11-10-12(15-5-14-11)18(17-16-10)9-1-6(2-19)7(3-20)8(9)4-21/h5-9,19-21H,1-4H2,(H2,13,14,15)/t6-,7-,8-,9-/m1/s1. The average Bonchev–Trinajstić information content (AvgIpc) is 3.07. The van der Waals surface area contributed by atoms with Crippen molar-refractivity contribution in [3.63, 3.8) is 0 Å². The molecule has 0 aliphatic heterocycles. The summed E-state index contributed by atoms with van der Waals surface area (Å²) in [7, 11) is 0. The Morgan fingerprint density at radius 1 is 1.14 bits per heavy atom. The van der Waals surface area contributed by atoms with E-state index in [0.717, 1.165) is 0 Å². The van der Waals surface area contributed by atoms with Crippen LogP contribution in [0.4, 0.5) is 5.82 Å². The van der Waals surface area contributed by atoms with Crippen LogP contribution in [-0.4, -0.2) is 60.1 Å². The summed E-state index contributed by atoms with van der Waals surface area (Å²) >= 11 is 0. The third-order valence-corrected chi connectivity index (χ3v) is 4.45. The molecule has 0 amide bonds. The number of rotatable bonds is 4. The third kappa shape index (κ3) is 2.13. The van der Waals surface area contributed by atoms with E-state index in [0.29, 0.717) is 17.6 Å². The van der Waals surface area contributed by atoms with Crippen LogP contribution in [0.3, 0.4) is 0 Å². The Kier molecular flexibility index (Phi) is 3.70. The molecule has 0 radical (unpaired) electrons. The molecule has 0 bridgehead atoms. The van der Waals surface area contributed by atoms with Gasteiger partial charge in [-0.1, -0.05) is 5.21 Å². The van der Waals surface area contributed by atoms with Gasteiger partial charge in [-0.3, -0.25) is 0 Å². The summed E-state index contributed by atoms with van der Waals surface area (Å²) in [6, 6.07) is -0.191. The number of fused-ring (bicyclic) bond motifs is 1. The van der Waals surface area contributed by atoms with Gasteiger partial charge >= 0.3 is 0 Å². The minimum atomic E-state index is -0.215. The number of hydrogen-bond acceptors (Lipinski definition) is 8. The fraction of sp³-hybridized carbons (Fsp3) is 0.667. The number of nitrogens with two attached hydrogens (primary N) is 1. The smallest absolute Gasteiger partial charge is 0.184 e. The minimum Gasteiger partial charge on any atom is -0.396 e. The maximum absolute atomic E-state index is 9.67. The van der Waals surface area contributed by atoms with E-state index < -0.39 is 0 Å². The number of aromatic nitrogens is 5. The maximum atomic E-state index is 9.67. The zero-order valence-electron chi connectivity index (χ0n) is 11.4. The van der Waals surface area contributed by atoms with Gasteiger partial charge in [0.05, 0.1) is 6.04 Å². The van der Waals surface area contributed by atoms with Crippen LogP contribution >= 0.6 is 0 Å². The van der Waals surface area contributed by atoms with Gasteiger partial charge in [0.1, 0.15) is 6.33 Å². The molecule has 1 aliphatic rings. The first-order valence-electron chi connectivity index (χ1n) is 6.85. The Bertz CT molecular complexity index is 632. The Labute approximate surface area is 120 Å². The van der Waals surface area contributed by atoms with Gasteiger partial charge in [0.25, 0.3) is 0 Å². The van der Waals surface area contributed by atoms with Crippen LogP contribution in [0.5, 0.6) is 0 Å². The normalized spacial score (nSPS) is 29.3. The fourth-order valence-electron chi connectivity index (χ4n) is 3.33. The van der Waals surface area contributed by atoms with Gasteiger partial charge in [-0.05, 0) is 18.3 Å². The lowest BCUT2D eigenvalue weighted by Gasteiger charge is -2.22. The van der Waals surface area contributed by atoms with E-state index in [2.05, 4.69) is 20.3 Å². The monoisotopic (exact) mass is 294 g/mol. The second kappa shape index (κ2) is 5.51. The first-order chi connectivity index (χ1) is 10.2. The molecule has 1 fully saturated rings. The molecule has 2 aromatic heterocycles. The summed E-state index contributed by atoms with van der Waals surface area (Å²) < 4.78 is 1.62. The molecule has 5 N–H and O–H groups in total. The molecule has 0 saturated heterocycles. The van der Waals surface area contributed by atoms with Crippen LogP contribution < -0.4 is 5.73 Å². The number of hydrogen-bond donors (Lipinski definition) is 4. The number of aliphatic hydroxyl groups is 3. The van der Waals surface area contributed by atoms with Crippen LogP contribution in [0.1, 0.15) is 12.5 Å². The summed E-state index contributed by atoms with van der Waals surface area (Å²) in [6.45, 7) is -0.229. The van der Waals surface area contributed by atoms with E-state index in [1.165, 1.54) is 6.33 Å². The molecule has 1 saturated carbocycles. The van der Waals surface area contributed by atoms with E-state index in [9.17, 15) is 15.3 Å². The van der Waals surface area contributed by atoms with Crippen molar-refractivity contribution in [1.29, 1.82) is 0 Å². The van der Waals surface area contributed by atoms with Crippen molar-refractivity contribution < 1.29 is 15.3 Å². The molecule has 2 aromatic rings. The van der Waals surface area contributed by atoms with Gasteiger partial charge in [-0.25, -0.2) is 14.6 Å². The van der Waals surface area contributed by atoms with Crippen molar-refractivity contribution in [3.05, 3.63) is 6.33 Å². The van der Waals surface area contributed by atoms with Crippen molar-refractivity contribution in [2.24, 2.45) is 17.8 Å². The number of nitrogen functional groups attached to an aromatic ring is 1. The molecular weight excluding hydrogens is 276 g/mol. The van der Waals surface area contributed by atoms with Crippen LogP contribution in [0, 0.1) is 17.8 Å². The lowest BCUT2D eigenvalue weighted by molar-refractivity contribution is 0.0843. The van der Waals surface area contributed by atoms with Crippen molar-refractivity contribution in [2.75, 3.05) is 25.6 Å². The van der Waals surface area contributed by atoms with Crippen molar-refractivity contribution in [1.82, 2.24) is 25.0 Å². The molecule has 3 rings (SSSR count). The van der Waals surface area contributed by atoms with Crippen LogP contribution in [0.15, 0.2) is 6.33 Å². The predicted molar refractivity (Wildman–Crippen MR) is 72.9 cm³/mol. The summed E-state index contributed by atoms with van der Waals surface area (Å²) in [5, 5.41) is 36.7. The predicted octanol–water partition coefficient (Wildman–Crippen LogP) is -1.43. The quantitative estimate of drug-likeness (QED) is 0.537. The van der Waals surface area contributed by atoms with Gasteiger partial charge in [0.15, 0.2) is 17.0 Å². The van der Waals surface area contributed by atoms with Gasteiger partial charge in [-0.2, -0.15) is 0 Å². The van der Waals surface area contributed by atoms with Gasteiger partial charge < -0.3 is 21.1 Å². The lowest BCUT2D eigenvalue weighted by atomic mass is 9.90. The van der Waals surface area contributed by atoms with E-state index in [1.54, 1.807) is 4.68 Å². The largest absolute Gasteiger partial charge is 0.396 e. The van der Waals surface area contributed by atoms with Crippen LogP contribution in [0.25, 0.3) is 11.2 Å². The van der Waals surface area contributed by atoms with Crippen LogP contribution in [0.2, 0.25) is 0 Å². The minimum absolute atomic E-state index is 0.0397. The molecule has 4 atom stereocenters. The molecule has 0 unspecified atom stereocenters. The Balaban J connectivity index is 2.03. The molecule has 0 aromatic carbocycles. The highest BCUT2D eigenvalue weighted by Gasteiger charge is 2.44. The number of anilines is 1. The summed E-state index contributed by atoms with van der Waals surface area (Å²) in [5.41, 5.74) is 6.67. The first-order valence-corrected chi connectivity index (χ1v) is 6.85. The molecule has 9 nitrogen and oxygen atoms in total. The molecule has 114 valence electrons. The van der Waals surface area contributed by atoms with E-state index in [-0.39, 0.29) is 49.4 Å². The number of aliphatic hydroxyl groups excluding tert-OH is 3. The molecule has 21 heavy (non-hydrogen) atoms. The highest BCUT2D eigenvalue weighted by atomic mass is 16.3. The van der Waals surface area contributed by atoms with E-state index in [4.69, 9.17) is 5.73 Å². The van der Waals surface area contributed by atoms with E-state index >= 15 is 0 Å². The Morgan fingerprint density at radius 2 is 1.90 bits per heavy atom. The lowest BCUT2D eigenvalue weighted by Crippen LogP contribution is -2.27. The van der Waals surface area contributed by atoms with Crippen molar-refractivity contribution in [2.45, 2.75) is 12.5 Å². The molecule has 0 spiro atoms. The van der Waals surface area contributed by atoms with Crippen molar-refractivity contribution >= 4 is 17.0 Å². The van der Waals surface area contributed by atoms with E-state index in [1.807, 2.05) is 0 Å². The van der Waals surface area contributed by atoms with Gasteiger partial charge in [0, 0.05) is 25.7 Å². The summed E-state index contributed by atoms with van der Waals surface area (Å²) in [4.78, 5) is 8.03.